The van der Waals surface area contributed by atoms with Gasteiger partial charge in [0.1, 0.15) is 5.75 Å². The van der Waals surface area contributed by atoms with Gasteiger partial charge in [0.2, 0.25) is 0 Å². The first-order valence-electron chi connectivity index (χ1n) is 6.70. The molecular formula is C15H21N3O. The third kappa shape index (κ3) is 3.35. The highest BCUT2D eigenvalue weighted by Crippen LogP contribution is 2.24. The van der Waals surface area contributed by atoms with Gasteiger partial charge in [0, 0.05) is 13.2 Å². The Labute approximate surface area is 114 Å². The first-order valence-corrected chi connectivity index (χ1v) is 6.70. The number of hydrogen-bond acceptors (Lipinski definition) is 3. The molecule has 0 aliphatic rings. The molecule has 0 saturated carbocycles. The summed E-state index contributed by atoms with van der Waals surface area (Å²) in [6.07, 6.45) is 1.96. The van der Waals surface area contributed by atoms with Crippen molar-refractivity contribution in [2.45, 2.75) is 19.9 Å². The van der Waals surface area contributed by atoms with Crippen LogP contribution in [-0.4, -0.2) is 22.9 Å². The molecule has 4 heteroatoms. The van der Waals surface area contributed by atoms with E-state index in [1.165, 1.54) is 5.56 Å². The summed E-state index contributed by atoms with van der Waals surface area (Å²) in [4.78, 5) is 0. The Bertz CT molecular complexity index is 522. The zero-order valence-corrected chi connectivity index (χ0v) is 11.8. The largest absolute Gasteiger partial charge is 0.494 e. The minimum atomic E-state index is 0.103. The summed E-state index contributed by atoms with van der Waals surface area (Å²) in [6, 6.07) is 10.3. The minimum absolute atomic E-state index is 0.103. The molecule has 0 saturated heterocycles. The fraction of sp³-hybridized carbons (Fsp3) is 0.400. The smallest absolute Gasteiger partial charge is 0.119 e. The summed E-state index contributed by atoms with van der Waals surface area (Å²) in [5.74, 6) is 0.902. The predicted octanol–water partition coefficient (Wildman–Crippen LogP) is 2.52. The number of benzene rings is 1. The van der Waals surface area contributed by atoms with Crippen molar-refractivity contribution in [1.82, 2.24) is 15.1 Å². The van der Waals surface area contributed by atoms with Crippen molar-refractivity contribution >= 4 is 0 Å². The van der Waals surface area contributed by atoms with Gasteiger partial charge in [-0.15, -0.1) is 0 Å². The SMILES string of the molecule is CCNC(c1cccc(OCC)c1)c1ccn(C)n1. The molecule has 0 radical (unpaired) electrons. The maximum Gasteiger partial charge on any atom is 0.119 e. The van der Waals surface area contributed by atoms with Crippen LogP contribution in [0.1, 0.15) is 31.1 Å². The van der Waals surface area contributed by atoms with Crippen molar-refractivity contribution in [3.63, 3.8) is 0 Å². The van der Waals surface area contributed by atoms with E-state index in [2.05, 4.69) is 29.5 Å². The molecule has 19 heavy (non-hydrogen) atoms. The normalized spacial score (nSPS) is 12.4. The van der Waals surface area contributed by atoms with Crippen LogP contribution in [0.2, 0.25) is 0 Å². The first kappa shape index (κ1) is 13.6. The third-order valence-electron chi connectivity index (χ3n) is 2.94. The van der Waals surface area contributed by atoms with E-state index >= 15 is 0 Å². The van der Waals surface area contributed by atoms with Gasteiger partial charge in [-0.3, -0.25) is 4.68 Å². The molecule has 0 bridgehead atoms. The Morgan fingerprint density at radius 1 is 1.32 bits per heavy atom. The molecule has 1 heterocycles. The van der Waals surface area contributed by atoms with E-state index in [9.17, 15) is 0 Å². The molecule has 0 fully saturated rings. The fourth-order valence-electron chi connectivity index (χ4n) is 2.13. The molecule has 1 atom stereocenters. The molecule has 1 aromatic carbocycles. The number of rotatable bonds is 6. The molecule has 102 valence electrons. The van der Waals surface area contributed by atoms with Gasteiger partial charge in [0.05, 0.1) is 18.3 Å². The van der Waals surface area contributed by atoms with Crippen molar-refractivity contribution in [3.8, 4) is 5.75 Å². The van der Waals surface area contributed by atoms with Crippen LogP contribution in [0.25, 0.3) is 0 Å². The number of aryl methyl sites for hydroxylation is 1. The van der Waals surface area contributed by atoms with Gasteiger partial charge in [0.25, 0.3) is 0 Å². The maximum atomic E-state index is 5.56. The van der Waals surface area contributed by atoms with Crippen molar-refractivity contribution in [1.29, 1.82) is 0 Å². The van der Waals surface area contributed by atoms with Gasteiger partial charge in [-0.05, 0) is 37.2 Å². The van der Waals surface area contributed by atoms with Crippen LogP contribution in [0.15, 0.2) is 36.5 Å². The third-order valence-corrected chi connectivity index (χ3v) is 2.94. The highest BCUT2D eigenvalue weighted by Gasteiger charge is 2.16. The van der Waals surface area contributed by atoms with Crippen LogP contribution in [0.3, 0.4) is 0 Å². The Morgan fingerprint density at radius 3 is 2.79 bits per heavy atom. The lowest BCUT2D eigenvalue weighted by Gasteiger charge is -2.17. The van der Waals surface area contributed by atoms with Crippen molar-refractivity contribution in [2.24, 2.45) is 7.05 Å². The van der Waals surface area contributed by atoms with E-state index < -0.39 is 0 Å². The molecule has 0 spiro atoms. The summed E-state index contributed by atoms with van der Waals surface area (Å²) in [6.45, 7) is 5.66. The Kier molecular flexibility index (Phi) is 4.58. The first-order chi connectivity index (χ1) is 9.24. The molecule has 1 aromatic heterocycles. The van der Waals surface area contributed by atoms with Gasteiger partial charge < -0.3 is 10.1 Å². The van der Waals surface area contributed by atoms with Crippen LogP contribution in [-0.2, 0) is 7.05 Å². The van der Waals surface area contributed by atoms with E-state index in [0.717, 1.165) is 18.0 Å². The van der Waals surface area contributed by atoms with Gasteiger partial charge in [0.15, 0.2) is 0 Å². The number of aromatic nitrogens is 2. The molecule has 2 aromatic rings. The Hall–Kier alpha value is -1.81. The number of nitrogens with one attached hydrogen (secondary N) is 1. The van der Waals surface area contributed by atoms with Crippen LogP contribution < -0.4 is 10.1 Å². The second-order valence-corrected chi connectivity index (χ2v) is 4.41. The lowest BCUT2D eigenvalue weighted by Crippen LogP contribution is -2.22. The molecule has 0 aliphatic carbocycles. The summed E-state index contributed by atoms with van der Waals surface area (Å²) in [5.41, 5.74) is 2.20. The monoisotopic (exact) mass is 259 g/mol. The van der Waals surface area contributed by atoms with Crippen LogP contribution in [0, 0.1) is 0 Å². The van der Waals surface area contributed by atoms with Crippen molar-refractivity contribution < 1.29 is 4.74 Å². The summed E-state index contributed by atoms with van der Waals surface area (Å²) >= 11 is 0. The average molecular weight is 259 g/mol. The molecule has 2 rings (SSSR count). The highest BCUT2D eigenvalue weighted by molar-refractivity contribution is 5.34. The van der Waals surface area contributed by atoms with Crippen LogP contribution in [0.4, 0.5) is 0 Å². The fourth-order valence-corrected chi connectivity index (χ4v) is 2.13. The highest BCUT2D eigenvalue weighted by atomic mass is 16.5. The van der Waals surface area contributed by atoms with E-state index in [-0.39, 0.29) is 6.04 Å². The summed E-state index contributed by atoms with van der Waals surface area (Å²) < 4.78 is 7.39. The molecule has 1 unspecified atom stereocenters. The lowest BCUT2D eigenvalue weighted by atomic mass is 10.0. The van der Waals surface area contributed by atoms with E-state index in [1.54, 1.807) is 0 Å². The Morgan fingerprint density at radius 2 is 2.16 bits per heavy atom. The second-order valence-electron chi connectivity index (χ2n) is 4.41. The molecule has 0 amide bonds. The quantitative estimate of drug-likeness (QED) is 0.866. The van der Waals surface area contributed by atoms with Crippen molar-refractivity contribution in [2.75, 3.05) is 13.2 Å². The molecule has 0 aliphatic heterocycles. The van der Waals surface area contributed by atoms with Gasteiger partial charge in [-0.2, -0.15) is 5.10 Å². The molecule has 4 nitrogen and oxygen atoms in total. The lowest BCUT2D eigenvalue weighted by molar-refractivity contribution is 0.339. The number of hydrogen-bond donors (Lipinski definition) is 1. The zero-order valence-electron chi connectivity index (χ0n) is 11.8. The van der Waals surface area contributed by atoms with Crippen molar-refractivity contribution in [3.05, 3.63) is 47.8 Å². The zero-order chi connectivity index (χ0) is 13.7. The van der Waals surface area contributed by atoms with Gasteiger partial charge in [-0.1, -0.05) is 19.1 Å². The summed E-state index contributed by atoms with van der Waals surface area (Å²) in [7, 11) is 1.93. The summed E-state index contributed by atoms with van der Waals surface area (Å²) in [5, 5.41) is 7.96. The van der Waals surface area contributed by atoms with E-state index in [0.29, 0.717) is 6.61 Å². The standard InChI is InChI=1S/C15H21N3O/c1-4-16-15(14-9-10-18(3)17-14)12-7-6-8-13(11-12)19-5-2/h6-11,15-16H,4-5H2,1-3H3. The molecular weight excluding hydrogens is 238 g/mol. The minimum Gasteiger partial charge on any atom is -0.494 e. The number of nitrogens with zero attached hydrogens (tertiary/aromatic N) is 2. The Balaban J connectivity index is 2.30. The van der Waals surface area contributed by atoms with Crippen LogP contribution in [0.5, 0.6) is 5.75 Å². The number of ether oxygens (including phenoxy) is 1. The van der Waals surface area contributed by atoms with E-state index in [1.807, 2.05) is 43.0 Å². The van der Waals surface area contributed by atoms with Crippen LogP contribution >= 0.6 is 0 Å². The van der Waals surface area contributed by atoms with Gasteiger partial charge >= 0.3 is 0 Å². The van der Waals surface area contributed by atoms with Gasteiger partial charge in [-0.25, -0.2) is 0 Å². The maximum absolute atomic E-state index is 5.56. The second kappa shape index (κ2) is 6.38. The molecule has 1 N–H and O–H groups in total. The topological polar surface area (TPSA) is 39.1 Å². The average Bonchev–Trinajstić information content (AvgIpc) is 2.83. The predicted molar refractivity (Wildman–Crippen MR) is 76.3 cm³/mol. The van der Waals surface area contributed by atoms with E-state index in [4.69, 9.17) is 4.74 Å².